The lowest BCUT2D eigenvalue weighted by Crippen LogP contribution is -2.30. The van der Waals surface area contributed by atoms with E-state index in [1.807, 2.05) is 0 Å². The Morgan fingerprint density at radius 2 is 2.00 bits per heavy atom. The van der Waals surface area contributed by atoms with Crippen LogP contribution in [0.25, 0.3) is 0 Å². The van der Waals surface area contributed by atoms with Crippen molar-refractivity contribution in [1.82, 2.24) is 0 Å². The average molecular weight is 266 g/mol. The van der Waals surface area contributed by atoms with Gasteiger partial charge in [-0.3, -0.25) is 0 Å². The fourth-order valence-corrected chi connectivity index (χ4v) is 2.98. The summed E-state index contributed by atoms with van der Waals surface area (Å²) in [5.74, 6) is 0.811. The van der Waals surface area contributed by atoms with Gasteiger partial charge in [-0.15, -0.1) is 11.6 Å². The van der Waals surface area contributed by atoms with E-state index in [2.05, 4.69) is 30.0 Å². The highest BCUT2D eigenvalue weighted by Crippen LogP contribution is 2.28. The molecular weight excluding hydrogens is 242 g/mol. The molecule has 2 heteroatoms. The third-order valence-electron chi connectivity index (χ3n) is 3.76. The third kappa shape index (κ3) is 3.65. The molecule has 0 fully saturated rings. The van der Waals surface area contributed by atoms with Gasteiger partial charge < -0.3 is 4.90 Å². The zero-order valence-electron chi connectivity index (χ0n) is 11.4. The van der Waals surface area contributed by atoms with Crippen molar-refractivity contribution < 1.29 is 0 Å². The Bertz CT molecular complexity index is 375. The highest BCUT2D eigenvalue weighted by Gasteiger charge is 2.15. The monoisotopic (exact) mass is 265 g/mol. The first kappa shape index (κ1) is 13.7. The number of halogens is 1. The van der Waals surface area contributed by atoms with Crippen molar-refractivity contribution in [3.05, 3.63) is 29.3 Å². The number of hydrogen-bond donors (Lipinski definition) is 0. The highest BCUT2D eigenvalue weighted by atomic mass is 35.5. The van der Waals surface area contributed by atoms with Crippen molar-refractivity contribution in [1.29, 1.82) is 0 Å². The summed E-state index contributed by atoms with van der Waals surface area (Å²) >= 11 is 5.70. The molecule has 0 radical (unpaired) electrons. The molecule has 1 aromatic rings. The number of fused-ring (bicyclic) bond motifs is 1. The van der Waals surface area contributed by atoms with Gasteiger partial charge in [0.1, 0.15) is 0 Å². The maximum absolute atomic E-state index is 5.70. The van der Waals surface area contributed by atoms with E-state index in [-0.39, 0.29) is 0 Å². The van der Waals surface area contributed by atoms with Gasteiger partial charge in [-0.1, -0.05) is 30.5 Å². The van der Waals surface area contributed by atoms with E-state index in [9.17, 15) is 0 Å². The quantitative estimate of drug-likeness (QED) is 0.539. The molecule has 1 heterocycles. The Morgan fingerprint density at radius 3 is 2.83 bits per heavy atom. The van der Waals surface area contributed by atoms with E-state index in [4.69, 9.17) is 11.6 Å². The van der Waals surface area contributed by atoms with Gasteiger partial charge in [0.25, 0.3) is 0 Å². The van der Waals surface area contributed by atoms with Crippen molar-refractivity contribution >= 4 is 17.3 Å². The molecule has 0 unspecified atom stereocenters. The normalized spacial score (nSPS) is 14.7. The van der Waals surface area contributed by atoms with E-state index in [1.54, 1.807) is 5.56 Å². The van der Waals surface area contributed by atoms with Gasteiger partial charge in [0.05, 0.1) is 0 Å². The summed E-state index contributed by atoms with van der Waals surface area (Å²) in [6.45, 7) is 4.62. The summed E-state index contributed by atoms with van der Waals surface area (Å²) in [4.78, 5) is 2.57. The lowest BCUT2D eigenvalue weighted by Gasteiger charge is -2.31. The number of hydrogen-bond acceptors (Lipinski definition) is 1. The SMILES string of the molecule is Cc1ccc2c(c1)CCCN2CCCCCCCl. The summed E-state index contributed by atoms with van der Waals surface area (Å²) in [7, 11) is 0. The lowest BCUT2D eigenvalue weighted by molar-refractivity contribution is 0.620. The van der Waals surface area contributed by atoms with Gasteiger partial charge in [-0.05, 0) is 44.2 Å². The van der Waals surface area contributed by atoms with Gasteiger partial charge in [0.2, 0.25) is 0 Å². The zero-order chi connectivity index (χ0) is 12.8. The number of anilines is 1. The van der Waals surface area contributed by atoms with Crippen LogP contribution in [0.1, 0.15) is 43.2 Å². The Balaban J connectivity index is 1.88. The van der Waals surface area contributed by atoms with Crippen LogP contribution in [0.2, 0.25) is 0 Å². The molecule has 0 bridgehead atoms. The second-order valence-corrected chi connectivity index (χ2v) is 5.70. The molecule has 1 nitrogen and oxygen atoms in total. The van der Waals surface area contributed by atoms with Crippen LogP contribution in [0.3, 0.4) is 0 Å². The number of alkyl halides is 1. The first-order valence-electron chi connectivity index (χ1n) is 7.21. The van der Waals surface area contributed by atoms with Gasteiger partial charge in [0, 0.05) is 24.7 Å². The van der Waals surface area contributed by atoms with E-state index < -0.39 is 0 Å². The second kappa shape index (κ2) is 7.04. The second-order valence-electron chi connectivity index (χ2n) is 5.33. The van der Waals surface area contributed by atoms with Crippen LogP contribution in [-0.2, 0) is 6.42 Å². The Morgan fingerprint density at radius 1 is 1.17 bits per heavy atom. The summed E-state index contributed by atoms with van der Waals surface area (Å²) in [6, 6.07) is 6.90. The third-order valence-corrected chi connectivity index (χ3v) is 4.03. The molecule has 1 aromatic carbocycles. The molecule has 0 atom stereocenters. The number of nitrogens with zero attached hydrogens (tertiary/aromatic N) is 1. The molecule has 1 aliphatic rings. The van der Waals surface area contributed by atoms with Crippen LogP contribution >= 0.6 is 11.6 Å². The van der Waals surface area contributed by atoms with Crippen LogP contribution in [0.4, 0.5) is 5.69 Å². The predicted octanol–water partition coefficient (Wildman–Crippen LogP) is 4.55. The topological polar surface area (TPSA) is 3.24 Å². The molecular formula is C16H24ClN. The largest absolute Gasteiger partial charge is 0.371 e. The Hall–Kier alpha value is -0.690. The summed E-state index contributed by atoms with van der Waals surface area (Å²) in [5, 5.41) is 0. The Kier molecular flexibility index (Phi) is 5.37. The smallest absolute Gasteiger partial charge is 0.0398 e. The van der Waals surface area contributed by atoms with Gasteiger partial charge in [-0.25, -0.2) is 0 Å². The summed E-state index contributed by atoms with van der Waals surface area (Å²) < 4.78 is 0. The Labute approximate surface area is 116 Å². The van der Waals surface area contributed by atoms with Crippen molar-refractivity contribution in [3.63, 3.8) is 0 Å². The maximum Gasteiger partial charge on any atom is 0.0398 e. The fourth-order valence-electron chi connectivity index (χ4n) is 2.79. The minimum absolute atomic E-state index is 0.811. The van der Waals surface area contributed by atoms with Crippen LogP contribution < -0.4 is 4.90 Å². The fraction of sp³-hybridized carbons (Fsp3) is 0.625. The molecule has 0 spiro atoms. The standard InChI is InChI=1S/C16H24ClN/c1-14-8-9-16-15(13-14)7-6-12-18(16)11-5-3-2-4-10-17/h8-9,13H,2-7,10-12H2,1H3. The minimum Gasteiger partial charge on any atom is -0.371 e. The van der Waals surface area contributed by atoms with Crippen molar-refractivity contribution in [2.45, 2.75) is 45.4 Å². The first-order chi connectivity index (χ1) is 8.81. The molecule has 2 rings (SSSR count). The number of benzene rings is 1. The maximum atomic E-state index is 5.70. The number of rotatable bonds is 6. The van der Waals surface area contributed by atoms with Gasteiger partial charge >= 0.3 is 0 Å². The summed E-state index contributed by atoms with van der Waals surface area (Å²) in [6.07, 6.45) is 7.60. The van der Waals surface area contributed by atoms with Gasteiger partial charge in [0.15, 0.2) is 0 Å². The van der Waals surface area contributed by atoms with E-state index in [0.29, 0.717) is 0 Å². The van der Waals surface area contributed by atoms with Crippen molar-refractivity contribution in [2.24, 2.45) is 0 Å². The van der Waals surface area contributed by atoms with E-state index >= 15 is 0 Å². The van der Waals surface area contributed by atoms with Crippen molar-refractivity contribution in [3.8, 4) is 0 Å². The molecule has 1 aliphatic heterocycles. The number of unbranched alkanes of at least 4 members (excludes halogenated alkanes) is 3. The van der Waals surface area contributed by atoms with E-state index in [0.717, 1.165) is 12.3 Å². The average Bonchev–Trinajstić information content (AvgIpc) is 2.38. The first-order valence-corrected chi connectivity index (χ1v) is 7.75. The van der Waals surface area contributed by atoms with Gasteiger partial charge in [-0.2, -0.15) is 0 Å². The minimum atomic E-state index is 0.811. The molecule has 0 N–H and O–H groups in total. The molecule has 0 aromatic heterocycles. The molecule has 0 saturated heterocycles. The van der Waals surface area contributed by atoms with Crippen LogP contribution in [-0.4, -0.2) is 19.0 Å². The van der Waals surface area contributed by atoms with Crippen LogP contribution in [0, 0.1) is 6.92 Å². The lowest BCUT2D eigenvalue weighted by atomic mass is 9.99. The summed E-state index contributed by atoms with van der Waals surface area (Å²) in [5.41, 5.74) is 4.41. The van der Waals surface area contributed by atoms with Crippen molar-refractivity contribution in [2.75, 3.05) is 23.9 Å². The molecule has 18 heavy (non-hydrogen) atoms. The van der Waals surface area contributed by atoms with Crippen LogP contribution in [0.5, 0.6) is 0 Å². The molecule has 0 saturated carbocycles. The highest BCUT2D eigenvalue weighted by molar-refractivity contribution is 6.17. The van der Waals surface area contributed by atoms with Crippen LogP contribution in [0.15, 0.2) is 18.2 Å². The number of aryl methyl sites for hydroxylation is 2. The zero-order valence-corrected chi connectivity index (χ0v) is 12.2. The van der Waals surface area contributed by atoms with E-state index in [1.165, 1.54) is 56.4 Å². The molecule has 0 aliphatic carbocycles. The molecule has 100 valence electrons. The molecule has 0 amide bonds. The predicted molar refractivity (Wildman–Crippen MR) is 80.9 cm³/mol.